The van der Waals surface area contributed by atoms with Gasteiger partial charge in [0.25, 0.3) is 0 Å². The highest BCUT2D eigenvalue weighted by atomic mass is 19.1. The molecule has 0 saturated carbocycles. The molecule has 1 fully saturated rings. The minimum absolute atomic E-state index is 0.199. The van der Waals surface area contributed by atoms with E-state index in [1.54, 1.807) is 0 Å². The first-order chi connectivity index (χ1) is 8.72. The number of rotatable bonds is 3. The number of ether oxygens (including phenoxy) is 1. The molecule has 1 aliphatic heterocycles. The van der Waals surface area contributed by atoms with Gasteiger partial charge in [-0.25, -0.2) is 9.18 Å². The van der Waals surface area contributed by atoms with E-state index in [2.05, 4.69) is 0 Å². The zero-order valence-electron chi connectivity index (χ0n) is 10.1. The van der Waals surface area contributed by atoms with Crippen molar-refractivity contribution in [1.29, 1.82) is 0 Å². The van der Waals surface area contributed by atoms with Crippen LogP contribution in [0.5, 0.6) is 0 Å². The summed E-state index contributed by atoms with van der Waals surface area (Å²) in [6.07, 6.45) is 0.129. The Labute approximate surface area is 106 Å². The fourth-order valence-corrected chi connectivity index (χ4v) is 2.10. The molecule has 1 saturated heterocycles. The molecular weight excluding hydrogens is 235 g/mol. The number of carbonyl (C=O) groups excluding carboxylic acids is 1. The summed E-state index contributed by atoms with van der Waals surface area (Å²) in [5.41, 5.74) is 6.64. The molecule has 0 aromatic heterocycles. The highest BCUT2D eigenvalue weighted by molar-refractivity contribution is 5.68. The third-order valence-electron chi connectivity index (χ3n) is 3.20. The third kappa shape index (κ3) is 2.79. The van der Waals surface area contributed by atoms with Gasteiger partial charge < -0.3 is 15.4 Å². The standard InChI is InChI=1S/C13H17FN2O2/c14-8-12-11(15)6-7-16(12)13(17)18-9-10-4-2-1-3-5-10/h1-5,11-12H,6-9,15H2/t11-,12-/m0/s1. The van der Waals surface area contributed by atoms with Crippen molar-refractivity contribution in [2.24, 2.45) is 5.73 Å². The molecule has 0 bridgehead atoms. The lowest BCUT2D eigenvalue weighted by Crippen LogP contribution is -2.44. The predicted molar refractivity (Wildman–Crippen MR) is 65.7 cm³/mol. The monoisotopic (exact) mass is 252 g/mol. The van der Waals surface area contributed by atoms with Crippen molar-refractivity contribution < 1.29 is 13.9 Å². The highest BCUT2D eigenvalue weighted by Gasteiger charge is 2.35. The molecule has 2 atom stereocenters. The molecule has 18 heavy (non-hydrogen) atoms. The number of nitrogens with two attached hydrogens (primary N) is 1. The molecule has 1 aliphatic rings. The predicted octanol–water partition coefficient (Wildman–Crippen LogP) is 1.69. The van der Waals surface area contributed by atoms with Crippen molar-refractivity contribution in [1.82, 2.24) is 4.90 Å². The number of amides is 1. The average Bonchev–Trinajstić information content (AvgIpc) is 2.78. The third-order valence-corrected chi connectivity index (χ3v) is 3.20. The summed E-state index contributed by atoms with van der Waals surface area (Å²) in [7, 11) is 0. The summed E-state index contributed by atoms with van der Waals surface area (Å²) in [4.78, 5) is 13.2. The number of likely N-dealkylation sites (tertiary alicyclic amines) is 1. The number of nitrogens with zero attached hydrogens (tertiary/aromatic N) is 1. The minimum atomic E-state index is -0.623. The lowest BCUT2D eigenvalue weighted by Gasteiger charge is -2.23. The Bertz CT molecular complexity index is 399. The van der Waals surface area contributed by atoms with Crippen molar-refractivity contribution in [3.63, 3.8) is 0 Å². The quantitative estimate of drug-likeness (QED) is 0.890. The SMILES string of the molecule is N[C@H]1CCN(C(=O)OCc2ccccc2)[C@H]1CF. The Morgan fingerprint density at radius 3 is 2.83 bits per heavy atom. The van der Waals surface area contributed by atoms with Gasteiger partial charge in [0.2, 0.25) is 0 Å². The molecule has 4 nitrogen and oxygen atoms in total. The highest BCUT2D eigenvalue weighted by Crippen LogP contribution is 2.18. The molecule has 2 rings (SSSR count). The van der Waals surface area contributed by atoms with E-state index in [-0.39, 0.29) is 12.6 Å². The van der Waals surface area contributed by atoms with Crippen LogP contribution in [0.1, 0.15) is 12.0 Å². The van der Waals surface area contributed by atoms with Crippen molar-refractivity contribution >= 4 is 6.09 Å². The maximum absolute atomic E-state index is 12.8. The van der Waals surface area contributed by atoms with Crippen LogP contribution >= 0.6 is 0 Å². The van der Waals surface area contributed by atoms with E-state index in [0.29, 0.717) is 13.0 Å². The Morgan fingerprint density at radius 2 is 2.17 bits per heavy atom. The van der Waals surface area contributed by atoms with Crippen LogP contribution in [0.3, 0.4) is 0 Å². The summed E-state index contributed by atoms with van der Waals surface area (Å²) in [5, 5.41) is 0. The Hall–Kier alpha value is -1.62. The van der Waals surface area contributed by atoms with Crippen molar-refractivity contribution in [3.8, 4) is 0 Å². The Kier molecular flexibility index (Phi) is 4.15. The fraction of sp³-hybridized carbons (Fsp3) is 0.462. The van der Waals surface area contributed by atoms with Gasteiger partial charge in [-0.1, -0.05) is 30.3 Å². The van der Waals surface area contributed by atoms with Crippen molar-refractivity contribution in [3.05, 3.63) is 35.9 Å². The molecule has 2 N–H and O–H groups in total. The molecule has 5 heteroatoms. The molecule has 1 heterocycles. The van der Waals surface area contributed by atoms with Crippen LogP contribution in [0.15, 0.2) is 30.3 Å². The maximum atomic E-state index is 12.8. The zero-order valence-corrected chi connectivity index (χ0v) is 10.1. The minimum Gasteiger partial charge on any atom is -0.445 e. The molecule has 0 spiro atoms. The van der Waals surface area contributed by atoms with Gasteiger partial charge in [0.05, 0.1) is 6.04 Å². The molecule has 1 aromatic carbocycles. The van der Waals surface area contributed by atoms with Gasteiger partial charge in [-0.15, -0.1) is 0 Å². The number of carbonyl (C=O) groups is 1. The lowest BCUT2D eigenvalue weighted by atomic mass is 10.1. The number of halogens is 1. The first-order valence-electron chi connectivity index (χ1n) is 6.01. The van der Waals surface area contributed by atoms with Gasteiger partial charge in [-0.3, -0.25) is 0 Å². The molecular formula is C13H17FN2O2. The van der Waals surface area contributed by atoms with Gasteiger partial charge in [-0.05, 0) is 12.0 Å². The normalized spacial score (nSPS) is 23.1. The number of hydrogen-bond acceptors (Lipinski definition) is 3. The van der Waals surface area contributed by atoms with E-state index < -0.39 is 18.8 Å². The second kappa shape index (κ2) is 5.82. The van der Waals surface area contributed by atoms with Crippen LogP contribution < -0.4 is 5.73 Å². The van der Waals surface area contributed by atoms with Crippen molar-refractivity contribution in [2.45, 2.75) is 25.1 Å². The van der Waals surface area contributed by atoms with Gasteiger partial charge in [-0.2, -0.15) is 0 Å². The average molecular weight is 252 g/mol. The van der Waals surface area contributed by atoms with Crippen LogP contribution in [0, 0.1) is 0 Å². The molecule has 0 radical (unpaired) electrons. The first kappa shape index (κ1) is 12.8. The molecule has 0 unspecified atom stereocenters. The summed E-state index contributed by atoms with van der Waals surface area (Å²) in [6.45, 7) is 0.0371. The first-order valence-corrected chi connectivity index (χ1v) is 6.01. The smallest absolute Gasteiger partial charge is 0.410 e. The van der Waals surface area contributed by atoms with Crippen LogP contribution in [0.2, 0.25) is 0 Å². The molecule has 0 aliphatic carbocycles. The summed E-state index contributed by atoms with van der Waals surface area (Å²) < 4.78 is 18.0. The van der Waals surface area contributed by atoms with E-state index in [9.17, 15) is 9.18 Å². The van der Waals surface area contributed by atoms with E-state index in [1.165, 1.54) is 4.90 Å². The van der Waals surface area contributed by atoms with Crippen LogP contribution in [-0.2, 0) is 11.3 Å². The molecule has 98 valence electrons. The van der Waals surface area contributed by atoms with E-state index in [4.69, 9.17) is 10.5 Å². The van der Waals surface area contributed by atoms with Crippen LogP contribution in [0.4, 0.5) is 9.18 Å². The second-order valence-electron chi connectivity index (χ2n) is 4.41. The second-order valence-corrected chi connectivity index (χ2v) is 4.41. The summed E-state index contributed by atoms with van der Waals surface area (Å²) in [5.74, 6) is 0. The van der Waals surface area contributed by atoms with Crippen LogP contribution in [-0.4, -0.2) is 36.3 Å². The van der Waals surface area contributed by atoms with E-state index >= 15 is 0 Å². The van der Waals surface area contributed by atoms with Crippen molar-refractivity contribution in [2.75, 3.05) is 13.2 Å². The fourth-order valence-electron chi connectivity index (χ4n) is 2.10. The number of hydrogen-bond donors (Lipinski definition) is 1. The molecule has 1 aromatic rings. The maximum Gasteiger partial charge on any atom is 0.410 e. The summed E-state index contributed by atoms with van der Waals surface area (Å²) in [6, 6.07) is 8.54. The van der Waals surface area contributed by atoms with E-state index in [0.717, 1.165) is 5.56 Å². The van der Waals surface area contributed by atoms with E-state index in [1.807, 2.05) is 30.3 Å². The summed E-state index contributed by atoms with van der Waals surface area (Å²) >= 11 is 0. The number of alkyl halides is 1. The van der Waals surface area contributed by atoms with Gasteiger partial charge in [0.15, 0.2) is 0 Å². The van der Waals surface area contributed by atoms with Gasteiger partial charge in [0.1, 0.15) is 13.3 Å². The lowest BCUT2D eigenvalue weighted by molar-refractivity contribution is 0.0862. The van der Waals surface area contributed by atoms with Gasteiger partial charge in [0, 0.05) is 12.6 Å². The zero-order chi connectivity index (χ0) is 13.0. The number of benzene rings is 1. The Balaban J connectivity index is 1.88. The Morgan fingerprint density at radius 1 is 1.44 bits per heavy atom. The topological polar surface area (TPSA) is 55.6 Å². The molecule has 1 amide bonds. The largest absolute Gasteiger partial charge is 0.445 e. The van der Waals surface area contributed by atoms with Crippen LogP contribution in [0.25, 0.3) is 0 Å². The van der Waals surface area contributed by atoms with Gasteiger partial charge >= 0.3 is 6.09 Å².